The lowest BCUT2D eigenvalue weighted by Gasteiger charge is -2.26. The molecule has 29 heavy (non-hydrogen) atoms. The molecule has 2 saturated heterocycles. The Balaban J connectivity index is 1.53. The van der Waals surface area contributed by atoms with Crippen molar-refractivity contribution in [1.82, 2.24) is 4.98 Å². The molecule has 4 atom stereocenters. The number of fused-ring (bicyclic) bond motifs is 2. The fourth-order valence-electron chi connectivity index (χ4n) is 4.32. The van der Waals surface area contributed by atoms with Gasteiger partial charge in [-0.15, -0.1) is 0 Å². The molecule has 2 aliphatic heterocycles. The van der Waals surface area contributed by atoms with Crippen molar-refractivity contribution in [2.45, 2.75) is 44.3 Å². The minimum absolute atomic E-state index is 0.0297. The number of para-hydroxylation sites is 1. The molecule has 2 bridgehead atoms. The second-order valence-electron chi connectivity index (χ2n) is 7.26. The SMILES string of the molecule is CCOC(=O)COc1ccccc1CC1C2CCC(O2)C1c1nc(C(=O)O)co1. The molecule has 2 fully saturated rings. The largest absolute Gasteiger partial charge is 0.482 e. The van der Waals surface area contributed by atoms with E-state index in [1.54, 1.807) is 6.92 Å². The van der Waals surface area contributed by atoms with E-state index in [-0.39, 0.29) is 36.3 Å². The Morgan fingerprint density at radius 3 is 2.79 bits per heavy atom. The molecule has 4 unspecified atom stereocenters. The van der Waals surface area contributed by atoms with Crippen molar-refractivity contribution >= 4 is 11.9 Å². The Kier molecular flexibility index (Phi) is 5.53. The second-order valence-corrected chi connectivity index (χ2v) is 7.26. The third-order valence-electron chi connectivity index (χ3n) is 5.53. The standard InChI is InChI=1S/C21H23NO7/c1-2-26-18(23)11-27-15-6-4-3-5-12(15)9-13-16-7-8-17(29-16)19(13)20-22-14(10-28-20)21(24)25/h3-6,10,13,16-17,19H,2,7-9,11H2,1H3,(H,24,25). The van der Waals surface area contributed by atoms with Gasteiger partial charge in [-0.2, -0.15) is 0 Å². The third-order valence-corrected chi connectivity index (χ3v) is 5.53. The summed E-state index contributed by atoms with van der Waals surface area (Å²) in [5, 5.41) is 9.14. The molecule has 0 aliphatic carbocycles. The highest BCUT2D eigenvalue weighted by Gasteiger charge is 2.51. The predicted molar refractivity (Wildman–Crippen MR) is 99.9 cm³/mol. The van der Waals surface area contributed by atoms with Gasteiger partial charge >= 0.3 is 11.9 Å². The monoisotopic (exact) mass is 401 g/mol. The first kappa shape index (κ1) is 19.4. The van der Waals surface area contributed by atoms with E-state index in [2.05, 4.69) is 4.98 Å². The van der Waals surface area contributed by atoms with Crippen LogP contribution in [-0.4, -0.2) is 47.5 Å². The predicted octanol–water partition coefficient (Wildman–Crippen LogP) is 2.82. The van der Waals surface area contributed by atoms with E-state index in [4.69, 9.17) is 23.7 Å². The number of nitrogens with zero attached hydrogens (tertiary/aromatic N) is 1. The van der Waals surface area contributed by atoms with Gasteiger partial charge in [0.2, 0.25) is 5.89 Å². The summed E-state index contributed by atoms with van der Waals surface area (Å²) in [6.45, 7) is 1.91. The molecule has 8 nitrogen and oxygen atoms in total. The average molecular weight is 401 g/mol. The van der Waals surface area contributed by atoms with E-state index in [0.717, 1.165) is 18.4 Å². The number of carbonyl (C=O) groups excluding carboxylic acids is 1. The number of ether oxygens (including phenoxy) is 3. The summed E-state index contributed by atoms with van der Waals surface area (Å²) in [6.07, 6.45) is 3.70. The molecule has 4 rings (SSSR count). The quantitative estimate of drug-likeness (QED) is 0.673. The van der Waals surface area contributed by atoms with Gasteiger partial charge in [-0.05, 0) is 37.8 Å². The van der Waals surface area contributed by atoms with E-state index in [1.165, 1.54) is 6.26 Å². The van der Waals surface area contributed by atoms with Crippen molar-refractivity contribution in [3.63, 3.8) is 0 Å². The molecule has 1 N–H and O–H groups in total. The van der Waals surface area contributed by atoms with Gasteiger partial charge < -0.3 is 23.7 Å². The summed E-state index contributed by atoms with van der Waals surface area (Å²) in [5.41, 5.74) is 0.854. The molecule has 1 aromatic heterocycles. The molecular weight excluding hydrogens is 378 g/mol. The Morgan fingerprint density at radius 1 is 1.24 bits per heavy atom. The van der Waals surface area contributed by atoms with Crippen LogP contribution in [0.3, 0.4) is 0 Å². The van der Waals surface area contributed by atoms with Gasteiger partial charge in [-0.1, -0.05) is 18.2 Å². The van der Waals surface area contributed by atoms with Crippen LogP contribution < -0.4 is 4.74 Å². The third kappa shape index (κ3) is 3.98. The van der Waals surface area contributed by atoms with Crippen LogP contribution in [0, 0.1) is 5.92 Å². The lowest BCUT2D eigenvalue weighted by molar-refractivity contribution is -0.145. The molecule has 0 saturated carbocycles. The van der Waals surface area contributed by atoms with Crippen molar-refractivity contribution < 1.29 is 33.3 Å². The molecule has 1 aromatic carbocycles. The fourth-order valence-corrected chi connectivity index (χ4v) is 4.32. The van der Waals surface area contributed by atoms with Gasteiger partial charge in [-0.25, -0.2) is 14.6 Å². The van der Waals surface area contributed by atoms with Crippen molar-refractivity contribution in [3.05, 3.63) is 47.7 Å². The highest BCUT2D eigenvalue weighted by Crippen LogP contribution is 2.50. The van der Waals surface area contributed by atoms with Crippen LogP contribution in [0.2, 0.25) is 0 Å². The topological polar surface area (TPSA) is 108 Å². The van der Waals surface area contributed by atoms with E-state index < -0.39 is 11.9 Å². The van der Waals surface area contributed by atoms with Crippen LogP contribution in [0.5, 0.6) is 5.75 Å². The summed E-state index contributed by atoms with van der Waals surface area (Å²) in [5.74, 6) is -0.519. The number of oxazole rings is 1. The number of hydrogen-bond acceptors (Lipinski definition) is 7. The molecular formula is C21H23NO7. The first-order valence-electron chi connectivity index (χ1n) is 9.77. The van der Waals surface area contributed by atoms with Crippen LogP contribution in [0.25, 0.3) is 0 Å². The van der Waals surface area contributed by atoms with Crippen LogP contribution in [-0.2, 0) is 20.7 Å². The Hall–Kier alpha value is -2.87. The van der Waals surface area contributed by atoms with E-state index in [9.17, 15) is 9.59 Å². The van der Waals surface area contributed by atoms with E-state index >= 15 is 0 Å². The van der Waals surface area contributed by atoms with E-state index in [0.29, 0.717) is 24.7 Å². The summed E-state index contributed by atoms with van der Waals surface area (Å²) in [4.78, 5) is 27.0. The minimum atomic E-state index is -1.11. The van der Waals surface area contributed by atoms with E-state index in [1.807, 2.05) is 24.3 Å². The number of carboxylic acids is 1. The lowest BCUT2D eigenvalue weighted by atomic mass is 9.76. The number of benzene rings is 1. The zero-order valence-electron chi connectivity index (χ0n) is 16.1. The lowest BCUT2D eigenvalue weighted by Crippen LogP contribution is -2.28. The number of aromatic nitrogens is 1. The van der Waals surface area contributed by atoms with Gasteiger partial charge in [0.1, 0.15) is 12.0 Å². The summed E-state index contributed by atoms with van der Waals surface area (Å²) < 4.78 is 22.2. The fraction of sp³-hybridized carbons (Fsp3) is 0.476. The number of aromatic carboxylic acids is 1. The van der Waals surface area contributed by atoms with Crippen LogP contribution in [0.1, 0.15) is 47.6 Å². The molecule has 3 heterocycles. The Bertz CT molecular complexity index is 893. The second kappa shape index (κ2) is 8.24. The number of carbonyl (C=O) groups is 2. The van der Waals surface area contributed by atoms with Crippen LogP contribution >= 0.6 is 0 Å². The number of esters is 1. The van der Waals surface area contributed by atoms with Gasteiger partial charge in [-0.3, -0.25) is 0 Å². The zero-order chi connectivity index (χ0) is 20.4. The summed E-state index contributed by atoms with van der Waals surface area (Å²) in [7, 11) is 0. The normalized spacial score (nSPS) is 25.1. The van der Waals surface area contributed by atoms with Crippen molar-refractivity contribution in [3.8, 4) is 5.75 Å². The molecule has 0 radical (unpaired) electrons. The Morgan fingerprint density at radius 2 is 2.03 bits per heavy atom. The number of carboxylic acid groups (broad SMARTS) is 1. The van der Waals surface area contributed by atoms with Crippen molar-refractivity contribution in [2.75, 3.05) is 13.2 Å². The van der Waals surface area contributed by atoms with Gasteiger partial charge in [0, 0.05) is 5.92 Å². The highest BCUT2D eigenvalue weighted by atomic mass is 16.6. The summed E-state index contributed by atoms with van der Waals surface area (Å²) in [6, 6.07) is 7.56. The minimum Gasteiger partial charge on any atom is -0.482 e. The molecule has 2 aromatic rings. The average Bonchev–Trinajstić information content (AvgIpc) is 3.43. The van der Waals surface area contributed by atoms with Crippen molar-refractivity contribution in [2.24, 2.45) is 5.92 Å². The number of hydrogen-bond donors (Lipinski definition) is 1. The van der Waals surface area contributed by atoms with Gasteiger partial charge in [0.05, 0.1) is 24.7 Å². The highest BCUT2D eigenvalue weighted by molar-refractivity contribution is 5.84. The first-order chi connectivity index (χ1) is 14.1. The summed E-state index contributed by atoms with van der Waals surface area (Å²) >= 11 is 0. The molecule has 0 spiro atoms. The maximum Gasteiger partial charge on any atom is 0.357 e. The molecule has 8 heteroatoms. The first-order valence-corrected chi connectivity index (χ1v) is 9.77. The van der Waals surface area contributed by atoms with Gasteiger partial charge in [0.25, 0.3) is 0 Å². The Labute approximate surface area is 167 Å². The van der Waals surface area contributed by atoms with Crippen LogP contribution in [0.4, 0.5) is 0 Å². The maximum absolute atomic E-state index is 11.6. The molecule has 0 amide bonds. The number of rotatable bonds is 8. The zero-order valence-corrected chi connectivity index (χ0v) is 16.1. The van der Waals surface area contributed by atoms with Crippen molar-refractivity contribution in [1.29, 1.82) is 0 Å². The maximum atomic E-state index is 11.6. The smallest absolute Gasteiger partial charge is 0.357 e. The molecule has 154 valence electrons. The van der Waals surface area contributed by atoms with Gasteiger partial charge in [0.15, 0.2) is 12.3 Å². The van der Waals surface area contributed by atoms with Crippen LogP contribution in [0.15, 0.2) is 34.9 Å². The molecule has 2 aliphatic rings.